The summed E-state index contributed by atoms with van der Waals surface area (Å²) in [4.78, 5) is 10.5. The molecule has 4 N–H and O–H groups in total. The van der Waals surface area contributed by atoms with Gasteiger partial charge in [-0.2, -0.15) is 0 Å². The van der Waals surface area contributed by atoms with E-state index in [4.69, 9.17) is 10.6 Å². The lowest BCUT2D eigenvalue weighted by Crippen LogP contribution is -2.40. The normalized spacial score (nSPS) is 20.5. The number of hydrazine groups is 1. The molecule has 1 saturated heterocycles. The van der Waals surface area contributed by atoms with Crippen molar-refractivity contribution in [3.05, 3.63) is 6.33 Å². The van der Waals surface area contributed by atoms with Crippen LogP contribution >= 0.6 is 0 Å². The number of hydrogen-bond donors (Lipinski definition) is 3. The third-order valence-electron chi connectivity index (χ3n) is 3.11. The van der Waals surface area contributed by atoms with Crippen molar-refractivity contribution in [1.82, 2.24) is 14.9 Å². The van der Waals surface area contributed by atoms with Crippen LogP contribution in [-0.4, -0.2) is 48.2 Å². The number of likely N-dealkylation sites (N-methyl/N-ethyl adjacent to an activating group) is 1. The van der Waals surface area contributed by atoms with E-state index in [2.05, 4.69) is 32.7 Å². The van der Waals surface area contributed by atoms with Crippen molar-refractivity contribution in [2.75, 3.05) is 38.0 Å². The van der Waals surface area contributed by atoms with E-state index >= 15 is 0 Å². The molecule has 1 fully saturated rings. The molecule has 2 rings (SSSR count). The van der Waals surface area contributed by atoms with Gasteiger partial charge in [-0.05, 0) is 26.4 Å². The summed E-state index contributed by atoms with van der Waals surface area (Å²) < 4.78 is 5.29. The van der Waals surface area contributed by atoms with E-state index in [9.17, 15) is 0 Å². The zero-order valence-corrected chi connectivity index (χ0v) is 10.8. The number of rotatable bonds is 4. The number of hydrogen-bond acceptors (Lipinski definition) is 7. The Hall–Kier alpha value is -1.60. The molecule has 2 heterocycles. The minimum Gasteiger partial charge on any atom is -0.490 e. The van der Waals surface area contributed by atoms with Gasteiger partial charge in [0, 0.05) is 12.6 Å². The lowest BCUT2D eigenvalue weighted by atomic mass is 10.1. The summed E-state index contributed by atoms with van der Waals surface area (Å²) in [7, 11) is 3.70. The Morgan fingerprint density at radius 3 is 2.89 bits per heavy atom. The van der Waals surface area contributed by atoms with E-state index in [-0.39, 0.29) is 0 Å². The van der Waals surface area contributed by atoms with Crippen LogP contribution in [0.25, 0.3) is 0 Å². The maximum absolute atomic E-state index is 5.39. The molecule has 0 saturated carbocycles. The zero-order valence-electron chi connectivity index (χ0n) is 10.8. The summed E-state index contributed by atoms with van der Waals surface area (Å²) in [6.45, 7) is 2.15. The van der Waals surface area contributed by atoms with Crippen LogP contribution in [0.15, 0.2) is 6.33 Å². The van der Waals surface area contributed by atoms with Crippen molar-refractivity contribution in [3.63, 3.8) is 0 Å². The highest BCUT2D eigenvalue weighted by Crippen LogP contribution is 2.29. The van der Waals surface area contributed by atoms with Crippen LogP contribution < -0.4 is 21.3 Å². The number of nitrogens with two attached hydrogens (primary N) is 1. The standard InChI is InChI=1S/C11H20N6O/c1-17-5-3-4-8(6-17)15-10-9(18-2)11(16-12)14-7-13-10/h7-8H,3-6,12H2,1-2H3,(H2,13,14,15,16). The lowest BCUT2D eigenvalue weighted by molar-refractivity contribution is 0.260. The van der Waals surface area contributed by atoms with Gasteiger partial charge in [0.2, 0.25) is 5.75 Å². The zero-order chi connectivity index (χ0) is 13.0. The quantitative estimate of drug-likeness (QED) is 0.524. The van der Waals surface area contributed by atoms with Crippen molar-refractivity contribution in [2.45, 2.75) is 18.9 Å². The second-order valence-corrected chi connectivity index (χ2v) is 4.49. The predicted octanol–water partition coefficient (Wildman–Crippen LogP) is 0.277. The van der Waals surface area contributed by atoms with Crippen LogP contribution in [0, 0.1) is 0 Å². The van der Waals surface area contributed by atoms with Gasteiger partial charge in [-0.25, -0.2) is 15.8 Å². The average Bonchev–Trinajstić information content (AvgIpc) is 2.38. The van der Waals surface area contributed by atoms with Crippen LogP contribution in [0.5, 0.6) is 5.75 Å². The third kappa shape index (κ3) is 2.80. The number of nitrogens with one attached hydrogen (secondary N) is 2. The maximum atomic E-state index is 5.39. The van der Waals surface area contributed by atoms with Gasteiger partial charge in [-0.15, -0.1) is 0 Å². The number of ether oxygens (including phenoxy) is 1. The number of methoxy groups -OCH3 is 1. The number of nitrogens with zero attached hydrogens (tertiary/aromatic N) is 3. The van der Waals surface area contributed by atoms with Crippen molar-refractivity contribution in [2.24, 2.45) is 5.84 Å². The lowest BCUT2D eigenvalue weighted by Gasteiger charge is -2.30. The first-order valence-corrected chi connectivity index (χ1v) is 6.05. The van der Waals surface area contributed by atoms with Crippen molar-refractivity contribution in [1.29, 1.82) is 0 Å². The molecular formula is C11H20N6O. The molecule has 1 aliphatic rings. The van der Waals surface area contributed by atoms with Crippen LogP contribution in [-0.2, 0) is 0 Å². The molecule has 1 aromatic rings. The minimum atomic E-state index is 0.373. The van der Waals surface area contributed by atoms with Crippen LogP contribution in [0.3, 0.4) is 0 Å². The number of likely N-dealkylation sites (tertiary alicyclic amines) is 1. The predicted molar refractivity (Wildman–Crippen MR) is 70.5 cm³/mol. The van der Waals surface area contributed by atoms with E-state index in [1.807, 2.05) is 0 Å². The smallest absolute Gasteiger partial charge is 0.205 e. The van der Waals surface area contributed by atoms with E-state index in [1.165, 1.54) is 12.7 Å². The van der Waals surface area contributed by atoms with Gasteiger partial charge in [-0.1, -0.05) is 0 Å². The summed E-state index contributed by atoms with van der Waals surface area (Å²) >= 11 is 0. The maximum Gasteiger partial charge on any atom is 0.205 e. The largest absolute Gasteiger partial charge is 0.490 e. The van der Waals surface area contributed by atoms with Crippen LogP contribution in [0.2, 0.25) is 0 Å². The molecule has 1 aliphatic heterocycles. The SMILES string of the molecule is COc1c(NN)ncnc1NC1CCCN(C)C1. The fourth-order valence-corrected chi connectivity index (χ4v) is 2.25. The van der Waals surface area contributed by atoms with Gasteiger partial charge in [0.15, 0.2) is 11.6 Å². The van der Waals surface area contributed by atoms with Crippen molar-refractivity contribution >= 4 is 11.6 Å². The van der Waals surface area contributed by atoms with Crippen molar-refractivity contribution < 1.29 is 4.74 Å². The monoisotopic (exact) mass is 252 g/mol. The Bertz CT molecular complexity index is 399. The second-order valence-electron chi connectivity index (χ2n) is 4.49. The first kappa shape index (κ1) is 12.8. The summed E-state index contributed by atoms with van der Waals surface area (Å²) in [5.74, 6) is 7.11. The molecule has 0 radical (unpaired) electrons. The second kappa shape index (κ2) is 5.83. The molecule has 7 heteroatoms. The molecule has 1 aromatic heterocycles. The van der Waals surface area contributed by atoms with E-state index < -0.39 is 0 Å². The summed E-state index contributed by atoms with van der Waals surface area (Å²) in [5, 5.41) is 3.39. The molecule has 7 nitrogen and oxygen atoms in total. The Balaban J connectivity index is 2.12. The third-order valence-corrected chi connectivity index (χ3v) is 3.11. The van der Waals surface area contributed by atoms with Gasteiger partial charge in [-0.3, -0.25) is 0 Å². The molecule has 0 aromatic carbocycles. The molecular weight excluding hydrogens is 232 g/mol. The topological polar surface area (TPSA) is 88.3 Å². The summed E-state index contributed by atoms with van der Waals surface area (Å²) in [6.07, 6.45) is 3.78. The van der Waals surface area contributed by atoms with E-state index in [0.717, 1.165) is 19.5 Å². The van der Waals surface area contributed by atoms with Gasteiger partial charge in [0.25, 0.3) is 0 Å². The van der Waals surface area contributed by atoms with E-state index in [0.29, 0.717) is 23.4 Å². The Morgan fingerprint density at radius 2 is 2.22 bits per heavy atom. The van der Waals surface area contributed by atoms with Crippen molar-refractivity contribution in [3.8, 4) is 5.75 Å². The van der Waals surface area contributed by atoms with Gasteiger partial charge >= 0.3 is 0 Å². The molecule has 0 spiro atoms. The Kier molecular flexibility index (Phi) is 4.16. The molecule has 1 atom stereocenters. The first-order valence-electron chi connectivity index (χ1n) is 6.05. The van der Waals surface area contributed by atoms with Gasteiger partial charge in [0.1, 0.15) is 6.33 Å². The summed E-state index contributed by atoms with van der Waals surface area (Å²) in [6, 6.07) is 0.373. The Morgan fingerprint density at radius 1 is 1.44 bits per heavy atom. The molecule has 0 aliphatic carbocycles. The fraction of sp³-hybridized carbons (Fsp3) is 0.636. The van der Waals surface area contributed by atoms with Crippen LogP contribution in [0.4, 0.5) is 11.6 Å². The van der Waals surface area contributed by atoms with Gasteiger partial charge < -0.3 is 20.4 Å². The number of nitrogen functional groups attached to an aromatic ring is 1. The first-order chi connectivity index (χ1) is 8.74. The highest BCUT2D eigenvalue weighted by molar-refractivity contribution is 5.63. The number of aromatic nitrogens is 2. The van der Waals surface area contributed by atoms with Gasteiger partial charge in [0.05, 0.1) is 7.11 Å². The minimum absolute atomic E-state index is 0.373. The number of anilines is 2. The molecule has 1 unspecified atom stereocenters. The average molecular weight is 252 g/mol. The molecule has 0 amide bonds. The van der Waals surface area contributed by atoms with E-state index in [1.54, 1.807) is 7.11 Å². The summed E-state index contributed by atoms with van der Waals surface area (Å²) in [5.41, 5.74) is 2.51. The molecule has 18 heavy (non-hydrogen) atoms. The fourth-order valence-electron chi connectivity index (χ4n) is 2.25. The highest BCUT2D eigenvalue weighted by atomic mass is 16.5. The molecule has 0 bridgehead atoms. The molecule has 100 valence electrons. The highest BCUT2D eigenvalue weighted by Gasteiger charge is 2.20. The van der Waals surface area contributed by atoms with Crippen LogP contribution in [0.1, 0.15) is 12.8 Å². The number of piperidine rings is 1. The Labute approximate surface area is 107 Å².